The average molecular weight is 472 g/mol. The number of unbranched alkanes of at least 4 members (excludes halogenated alkanes) is 1. The van der Waals surface area contributed by atoms with Gasteiger partial charge in [0.05, 0.1) is 0 Å². The van der Waals surface area contributed by atoms with Crippen molar-refractivity contribution in [3.63, 3.8) is 0 Å². The largest absolute Gasteiger partial charge is 0.357 e. The number of aromatic nitrogens is 1. The number of guanidine groups is 1. The molecule has 0 atom stereocenters. The van der Waals surface area contributed by atoms with Gasteiger partial charge < -0.3 is 14.8 Å². The van der Waals surface area contributed by atoms with E-state index in [1.54, 1.807) is 6.07 Å². The lowest BCUT2D eigenvalue weighted by Crippen LogP contribution is -2.42. The van der Waals surface area contributed by atoms with Crippen LogP contribution in [0, 0.1) is 12.3 Å². The van der Waals surface area contributed by atoms with Crippen molar-refractivity contribution < 1.29 is 0 Å². The molecule has 0 amide bonds. The number of rotatable bonds is 6. The first-order valence-corrected chi connectivity index (χ1v) is 9.83. The molecule has 1 saturated carbocycles. The van der Waals surface area contributed by atoms with Crippen LogP contribution in [0.1, 0.15) is 51.1 Å². The molecule has 146 valence electrons. The Kier molecular flexibility index (Phi) is 7.98. The second kappa shape index (κ2) is 9.76. The molecule has 6 heteroatoms. The van der Waals surface area contributed by atoms with Gasteiger partial charge in [-0.3, -0.25) is 9.79 Å². The summed E-state index contributed by atoms with van der Waals surface area (Å²) in [5, 5.41) is 3.46. The molecule has 1 saturated heterocycles. The molecular weight excluding hydrogens is 439 g/mol. The molecule has 2 aliphatic rings. The molecule has 0 radical (unpaired) electrons. The van der Waals surface area contributed by atoms with Crippen molar-refractivity contribution in [3.8, 4) is 0 Å². The summed E-state index contributed by atoms with van der Waals surface area (Å²) in [4.78, 5) is 19.2. The number of nitrogens with one attached hydrogen (secondary N) is 1. The molecule has 0 bridgehead atoms. The van der Waals surface area contributed by atoms with Crippen LogP contribution >= 0.6 is 24.0 Å². The highest BCUT2D eigenvalue weighted by Gasteiger charge is 2.43. The van der Waals surface area contributed by atoms with Gasteiger partial charge in [-0.25, -0.2) is 0 Å². The Morgan fingerprint density at radius 1 is 1.27 bits per heavy atom. The SMILES string of the molecule is CCNC(=NCCCCn1c(C)cccc1=O)N1CCC2(CCC2)C1.I. The Hall–Kier alpha value is -1.05. The van der Waals surface area contributed by atoms with Gasteiger partial charge in [-0.15, -0.1) is 24.0 Å². The number of likely N-dealkylation sites (tertiary alicyclic amines) is 1. The third-order valence-electron chi connectivity index (χ3n) is 5.81. The summed E-state index contributed by atoms with van der Waals surface area (Å²) in [5.41, 5.74) is 1.73. The van der Waals surface area contributed by atoms with Gasteiger partial charge in [0.15, 0.2) is 5.96 Å². The number of pyridine rings is 1. The van der Waals surface area contributed by atoms with Crippen LogP contribution in [-0.4, -0.2) is 41.6 Å². The van der Waals surface area contributed by atoms with Gasteiger partial charge in [0.1, 0.15) is 0 Å². The van der Waals surface area contributed by atoms with Crippen molar-refractivity contribution in [1.82, 2.24) is 14.8 Å². The van der Waals surface area contributed by atoms with Gasteiger partial charge in [-0.05, 0) is 57.4 Å². The van der Waals surface area contributed by atoms with Crippen LogP contribution in [0.15, 0.2) is 28.0 Å². The molecule has 1 aliphatic heterocycles. The van der Waals surface area contributed by atoms with Gasteiger partial charge in [-0.2, -0.15) is 0 Å². The van der Waals surface area contributed by atoms with Crippen molar-refractivity contribution in [2.75, 3.05) is 26.2 Å². The van der Waals surface area contributed by atoms with Crippen LogP contribution in [0.3, 0.4) is 0 Å². The molecule has 5 nitrogen and oxygen atoms in total. The highest BCUT2D eigenvalue weighted by molar-refractivity contribution is 14.0. The van der Waals surface area contributed by atoms with E-state index in [1.165, 1.54) is 32.2 Å². The lowest BCUT2D eigenvalue weighted by atomic mass is 9.68. The topological polar surface area (TPSA) is 49.6 Å². The molecular formula is C20H33IN4O. The van der Waals surface area contributed by atoms with Crippen molar-refractivity contribution in [1.29, 1.82) is 0 Å². The fraction of sp³-hybridized carbons (Fsp3) is 0.700. The predicted octanol–water partition coefficient (Wildman–Crippen LogP) is 3.40. The highest BCUT2D eigenvalue weighted by atomic mass is 127. The number of aryl methyl sites for hydroxylation is 1. The van der Waals surface area contributed by atoms with E-state index in [-0.39, 0.29) is 29.5 Å². The van der Waals surface area contributed by atoms with Crippen molar-refractivity contribution in [2.45, 2.75) is 58.9 Å². The second-order valence-electron chi connectivity index (χ2n) is 7.62. The first kappa shape index (κ1) is 21.3. The summed E-state index contributed by atoms with van der Waals surface area (Å²) in [6.07, 6.45) is 7.52. The van der Waals surface area contributed by atoms with E-state index in [0.717, 1.165) is 50.7 Å². The smallest absolute Gasteiger partial charge is 0.250 e. The summed E-state index contributed by atoms with van der Waals surface area (Å²) in [5.74, 6) is 1.08. The van der Waals surface area contributed by atoms with Gasteiger partial charge in [-0.1, -0.05) is 12.5 Å². The maximum absolute atomic E-state index is 11.9. The number of hydrogen-bond acceptors (Lipinski definition) is 2. The van der Waals surface area contributed by atoms with Crippen LogP contribution in [-0.2, 0) is 6.54 Å². The van der Waals surface area contributed by atoms with Crippen molar-refractivity contribution in [2.24, 2.45) is 10.4 Å². The van der Waals surface area contributed by atoms with Crippen LogP contribution in [0.5, 0.6) is 0 Å². The zero-order chi connectivity index (χ0) is 17.7. The van der Waals surface area contributed by atoms with E-state index in [1.807, 2.05) is 23.6 Å². The number of aliphatic imine (C=N–C) groups is 1. The molecule has 1 N–H and O–H groups in total. The van der Waals surface area contributed by atoms with Gasteiger partial charge >= 0.3 is 0 Å². The van der Waals surface area contributed by atoms with Crippen LogP contribution in [0.2, 0.25) is 0 Å². The zero-order valence-corrected chi connectivity index (χ0v) is 18.5. The Bertz CT molecular complexity index is 666. The molecule has 0 aromatic carbocycles. The highest BCUT2D eigenvalue weighted by Crippen LogP contribution is 2.47. The first-order valence-electron chi connectivity index (χ1n) is 9.83. The summed E-state index contributed by atoms with van der Waals surface area (Å²) in [6.45, 7) is 8.97. The summed E-state index contributed by atoms with van der Waals surface area (Å²) in [6, 6.07) is 5.46. The molecule has 2 fully saturated rings. The monoisotopic (exact) mass is 472 g/mol. The van der Waals surface area contributed by atoms with E-state index in [0.29, 0.717) is 5.41 Å². The van der Waals surface area contributed by atoms with Crippen LogP contribution in [0.25, 0.3) is 0 Å². The van der Waals surface area contributed by atoms with E-state index in [9.17, 15) is 4.79 Å². The van der Waals surface area contributed by atoms with E-state index >= 15 is 0 Å². The van der Waals surface area contributed by atoms with E-state index in [2.05, 4.69) is 17.1 Å². The molecule has 2 heterocycles. The maximum Gasteiger partial charge on any atom is 0.250 e. The lowest BCUT2D eigenvalue weighted by Gasteiger charge is -2.38. The van der Waals surface area contributed by atoms with Gasteiger partial charge in [0.25, 0.3) is 5.56 Å². The predicted molar refractivity (Wildman–Crippen MR) is 119 cm³/mol. The molecule has 1 spiro atoms. The number of halogens is 1. The zero-order valence-electron chi connectivity index (χ0n) is 16.2. The molecule has 26 heavy (non-hydrogen) atoms. The minimum absolute atomic E-state index is 0. The summed E-state index contributed by atoms with van der Waals surface area (Å²) < 4.78 is 1.86. The quantitative estimate of drug-likeness (QED) is 0.299. The Balaban J connectivity index is 0.00000243. The number of nitrogens with zero attached hydrogens (tertiary/aromatic N) is 3. The standard InChI is InChI=1S/C20H32N4O.HI/c1-3-21-19(23-15-12-20(16-23)10-7-11-20)22-13-4-5-14-24-17(2)8-6-9-18(24)25;/h6,8-9H,3-5,7,10-16H2,1-2H3,(H,21,22);1H. The fourth-order valence-electron chi connectivity index (χ4n) is 4.10. The lowest BCUT2D eigenvalue weighted by molar-refractivity contribution is 0.151. The first-order chi connectivity index (χ1) is 12.1. The minimum Gasteiger partial charge on any atom is -0.357 e. The maximum atomic E-state index is 11.9. The third kappa shape index (κ3) is 5.02. The Morgan fingerprint density at radius 2 is 2.08 bits per heavy atom. The summed E-state index contributed by atoms with van der Waals surface area (Å²) in [7, 11) is 0. The van der Waals surface area contributed by atoms with Crippen molar-refractivity contribution >= 4 is 29.9 Å². The second-order valence-corrected chi connectivity index (χ2v) is 7.62. The van der Waals surface area contributed by atoms with E-state index in [4.69, 9.17) is 4.99 Å². The molecule has 0 unspecified atom stereocenters. The summed E-state index contributed by atoms with van der Waals surface area (Å²) >= 11 is 0. The van der Waals surface area contributed by atoms with Crippen LogP contribution < -0.4 is 10.9 Å². The van der Waals surface area contributed by atoms with E-state index < -0.39 is 0 Å². The average Bonchev–Trinajstić information content (AvgIpc) is 3.02. The van der Waals surface area contributed by atoms with Crippen LogP contribution in [0.4, 0.5) is 0 Å². The minimum atomic E-state index is 0. The van der Waals surface area contributed by atoms with Crippen molar-refractivity contribution in [3.05, 3.63) is 34.2 Å². The Morgan fingerprint density at radius 3 is 2.69 bits per heavy atom. The molecule has 1 aromatic rings. The molecule has 1 aliphatic carbocycles. The Labute approximate surface area is 174 Å². The molecule has 3 rings (SSSR count). The third-order valence-corrected chi connectivity index (χ3v) is 5.81. The fourth-order valence-corrected chi connectivity index (χ4v) is 4.10. The van der Waals surface area contributed by atoms with Gasteiger partial charge in [0, 0.05) is 44.5 Å². The number of hydrogen-bond donors (Lipinski definition) is 1. The van der Waals surface area contributed by atoms with Gasteiger partial charge in [0.2, 0.25) is 0 Å². The molecule has 1 aromatic heterocycles. The normalized spacial score (nSPS) is 18.5.